The quantitative estimate of drug-likeness (QED) is 0.866. The second-order valence-electron chi connectivity index (χ2n) is 5.25. The van der Waals surface area contributed by atoms with E-state index >= 15 is 0 Å². The third-order valence-electron chi connectivity index (χ3n) is 3.54. The van der Waals surface area contributed by atoms with Crippen molar-refractivity contribution >= 4 is 0 Å². The van der Waals surface area contributed by atoms with Gasteiger partial charge in [-0.2, -0.15) is 0 Å². The van der Waals surface area contributed by atoms with E-state index in [2.05, 4.69) is 0 Å². The molecule has 0 saturated carbocycles. The summed E-state index contributed by atoms with van der Waals surface area (Å²) in [7, 11) is 0. The molecule has 3 rings (SSSR count). The van der Waals surface area contributed by atoms with Crippen LogP contribution in [0.3, 0.4) is 0 Å². The molecule has 1 saturated heterocycles. The molecule has 1 fully saturated rings. The van der Waals surface area contributed by atoms with Gasteiger partial charge < -0.3 is 18.9 Å². The summed E-state index contributed by atoms with van der Waals surface area (Å²) in [6, 6.07) is 15.6. The molecule has 4 heteroatoms. The summed E-state index contributed by atoms with van der Waals surface area (Å²) in [6.07, 6.45) is -1.18. The first-order chi connectivity index (χ1) is 10.7. The molecule has 0 aromatic heterocycles. The van der Waals surface area contributed by atoms with Gasteiger partial charge in [0.1, 0.15) is 11.5 Å². The molecular formula is C18H20O4. The molecule has 4 nitrogen and oxygen atoms in total. The lowest BCUT2D eigenvalue weighted by molar-refractivity contribution is -0.271. The molecule has 1 heterocycles. The largest absolute Gasteiger partial charge is 0.458 e. The maximum absolute atomic E-state index is 5.94. The van der Waals surface area contributed by atoms with Crippen LogP contribution >= 0.6 is 0 Å². The van der Waals surface area contributed by atoms with Crippen LogP contribution in [0.1, 0.15) is 11.1 Å². The van der Waals surface area contributed by atoms with E-state index in [-0.39, 0.29) is 0 Å². The van der Waals surface area contributed by atoms with Crippen molar-refractivity contribution < 1.29 is 18.9 Å². The molecule has 0 radical (unpaired) electrons. The van der Waals surface area contributed by atoms with Gasteiger partial charge in [0, 0.05) is 0 Å². The minimum atomic E-state index is -0.588. The smallest absolute Gasteiger partial charge is 0.263 e. The number of rotatable bonds is 4. The standard InChI is InChI=1S/C18H20O4/c1-13-7-3-5-9-15(13)21-17-18(20-12-11-19-17)22-16-10-6-4-8-14(16)2/h3-10,17-18H,11-12H2,1-2H3/t17-,18-/m1/s1. The van der Waals surface area contributed by atoms with E-state index in [0.29, 0.717) is 13.2 Å². The molecule has 116 valence electrons. The lowest BCUT2D eigenvalue weighted by atomic mass is 10.2. The van der Waals surface area contributed by atoms with Crippen molar-refractivity contribution in [3.8, 4) is 11.5 Å². The van der Waals surface area contributed by atoms with Gasteiger partial charge in [-0.25, -0.2) is 0 Å². The molecule has 22 heavy (non-hydrogen) atoms. The van der Waals surface area contributed by atoms with Crippen LogP contribution in [0.2, 0.25) is 0 Å². The van der Waals surface area contributed by atoms with Crippen molar-refractivity contribution in [1.29, 1.82) is 0 Å². The van der Waals surface area contributed by atoms with Crippen LogP contribution in [-0.2, 0) is 9.47 Å². The van der Waals surface area contributed by atoms with E-state index in [0.717, 1.165) is 22.6 Å². The molecule has 0 N–H and O–H groups in total. The van der Waals surface area contributed by atoms with Crippen molar-refractivity contribution in [1.82, 2.24) is 0 Å². The van der Waals surface area contributed by atoms with Gasteiger partial charge in [-0.1, -0.05) is 36.4 Å². The summed E-state index contributed by atoms with van der Waals surface area (Å²) in [5.41, 5.74) is 2.10. The van der Waals surface area contributed by atoms with Crippen LogP contribution in [0.5, 0.6) is 11.5 Å². The lowest BCUT2D eigenvalue weighted by Crippen LogP contribution is -2.45. The fraction of sp³-hybridized carbons (Fsp3) is 0.333. The van der Waals surface area contributed by atoms with Crippen LogP contribution in [0.15, 0.2) is 48.5 Å². The maximum Gasteiger partial charge on any atom is 0.263 e. The molecule has 0 bridgehead atoms. The Hall–Kier alpha value is -2.04. The number of hydrogen-bond acceptors (Lipinski definition) is 4. The second-order valence-corrected chi connectivity index (χ2v) is 5.25. The molecule has 2 aromatic rings. The normalized spacial score (nSPS) is 21.4. The molecule has 1 aliphatic heterocycles. The summed E-state index contributed by atoms with van der Waals surface area (Å²) in [6.45, 7) is 4.97. The monoisotopic (exact) mass is 300 g/mol. The Kier molecular flexibility index (Phi) is 4.61. The van der Waals surface area contributed by atoms with Gasteiger partial charge in [0.05, 0.1) is 13.2 Å². The second kappa shape index (κ2) is 6.81. The lowest BCUT2D eigenvalue weighted by Gasteiger charge is -2.32. The maximum atomic E-state index is 5.94. The molecule has 2 atom stereocenters. The summed E-state index contributed by atoms with van der Waals surface area (Å²) in [5.74, 6) is 1.55. The van der Waals surface area contributed by atoms with Gasteiger partial charge in [-0.15, -0.1) is 0 Å². The van der Waals surface area contributed by atoms with Crippen LogP contribution in [-0.4, -0.2) is 25.8 Å². The van der Waals surface area contributed by atoms with Gasteiger partial charge in [-0.3, -0.25) is 0 Å². The SMILES string of the molecule is Cc1ccccc1O[C@H]1OCCO[C@@H]1Oc1ccccc1C. The van der Waals surface area contributed by atoms with Crippen LogP contribution < -0.4 is 9.47 Å². The summed E-state index contributed by atoms with van der Waals surface area (Å²) >= 11 is 0. The summed E-state index contributed by atoms with van der Waals surface area (Å²) in [4.78, 5) is 0. The first kappa shape index (κ1) is 14.9. The zero-order valence-corrected chi connectivity index (χ0v) is 12.8. The van der Waals surface area contributed by atoms with E-state index in [1.54, 1.807) is 0 Å². The molecule has 0 spiro atoms. The Labute approximate surface area is 130 Å². The Balaban J connectivity index is 1.74. The molecule has 0 unspecified atom stereocenters. The zero-order chi connectivity index (χ0) is 15.4. The number of ether oxygens (including phenoxy) is 4. The zero-order valence-electron chi connectivity index (χ0n) is 12.8. The fourth-order valence-electron chi connectivity index (χ4n) is 2.29. The van der Waals surface area contributed by atoms with E-state index in [1.165, 1.54) is 0 Å². The number of para-hydroxylation sites is 2. The van der Waals surface area contributed by atoms with Gasteiger partial charge >= 0.3 is 0 Å². The summed E-state index contributed by atoms with van der Waals surface area (Å²) in [5, 5.41) is 0. The van der Waals surface area contributed by atoms with Gasteiger partial charge in [0.2, 0.25) is 0 Å². The first-order valence-electron chi connectivity index (χ1n) is 7.42. The van der Waals surface area contributed by atoms with E-state index in [4.69, 9.17) is 18.9 Å². The van der Waals surface area contributed by atoms with E-state index in [9.17, 15) is 0 Å². The Morgan fingerprint density at radius 2 is 1.14 bits per heavy atom. The number of hydrogen-bond donors (Lipinski definition) is 0. The van der Waals surface area contributed by atoms with Crippen molar-refractivity contribution in [3.63, 3.8) is 0 Å². The molecule has 0 amide bonds. The van der Waals surface area contributed by atoms with Crippen molar-refractivity contribution in [3.05, 3.63) is 59.7 Å². The van der Waals surface area contributed by atoms with Gasteiger partial charge in [-0.05, 0) is 37.1 Å². The molecule has 2 aromatic carbocycles. The minimum absolute atomic E-state index is 0.490. The highest BCUT2D eigenvalue weighted by Gasteiger charge is 2.31. The average Bonchev–Trinajstić information content (AvgIpc) is 2.53. The number of aryl methyl sites for hydroxylation is 2. The van der Waals surface area contributed by atoms with Crippen molar-refractivity contribution in [2.24, 2.45) is 0 Å². The average molecular weight is 300 g/mol. The molecule has 1 aliphatic rings. The third kappa shape index (κ3) is 3.40. The van der Waals surface area contributed by atoms with Gasteiger partial charge in [0.25, 0.3) is 12.6 Å². The minimum Gasteiger partial charge on any atom is -0.458 e. The summed E-state index contributed by atoms with van der Waals surface area (Å²) < 4.78 is 23.3. The Bertz CT molecular complexity index is 570. The van der Waals surface area contributed by atoms with E-state index < -0.39 is 12.6 Å². The Morgan fingerprint density at radius 3 is 1.55 bits per heavy atom. The van der Waals surface area contributed by atoms with Crippen LogP contribution in [0, 0.1) is 13.8 Å². The third-order valence-corrected chi connectivity index (χ3v) is 3.54. The fourth-order valence-corrected chi connectivity index (χ4v) is 2.29. The highest BCUT2D eigenvalue weighted by Crippen LogP contribution is 2.25. The topological polar surface area (TPSA) is 36.9 Å². The highest BCUT2D eigenvalue weighted by molar-refractivity contribution is 5.33. The molecule has 0 aliphatic carbocycles. The predicted octanol–water partition coefficient (Wildman–Crippen LogP) is 3.46. The van der Waals surface area contributed by atoms with Gasteiger partial charge in [0.15, 0.2) is 0 Å². The van der Waals surface area contributed by atoms with Crippen molar-refractivity contribution in [2.75, 3.05) is 13.2 Å². The van der Waals surface area contributed by atoms with Crippen molar-refractivity contribution in [2.45, 2.75) is 26.4 Å². The number of benzene rings is 2. The van der Waals surface area contributed by atoms with Crippen LogP contribution in [0.25, 0.3) is 0 Å². The van der Waals surface area contributed by atoms with Crippen LogP contribution in [0.4, 0.5) is 0 Å². The molecular weight excluding hydrogens is 280 g/mol. The highest BCUT2D eigenvalue weighted by atomic mass is 16.8. The van der Waals surface area contributed by atoms with E-state index in [1.807, 2.05) is 62.4 Å². The first-order valence-corrected chi connectivity index (χ1v) is 7.42. The Morgan fingerprint density at radius 1 is 0.727 bits per heavy atom. The predicted molar refractivity (Wildman–Crippen MR) is 83.1 cm³/mol.